The summed E-state index contributed by atoms with van der Waals surface area (Å²) in [6.45, 7) is 7.72. The smallest absolute Gasteiger partial charge is 0.198 e. The number of hydrogen-bond acceptors (Lipinski definition) is 8. The van der Waals surface area contributed by atoms with Crippen LogP contribution in [0, 0.1) is 0 Å². The van der Waals surface area contributed by atoms with Gasteiger partial charge in [0.2, 0.25) is 0 Å². The largest absolute Gasteiger partial charge is 0.379 e. The highest BCUT2D eigenvalue weighted by Gasteiger charge is 2.43. The lowest BCUT2D eigenvalue weighted by atomic mass is 10.0. The fourth-order valence-electron chi connectivity index (χ4n) is 3.80. The Labute approximate surface area is 190 Å². The molecule has 0 radical (unpaired) electrons. The number of carbonyl (C=O) groups is 2. The molecule has 1 aromatic rings. The van der Waals surface area contributed by atoms with Crippen LogP contribution in [0.25, 0.3) is 0 Å². The van der Waals surface area contributed by atoms with Crippen molar-refractivity contribution >= 4 is 46.7 Å². The van der Waals surface area contributed by atoms with E-state index in [1.165, 1.54) is 6.92 Å². The number of Topliss-reactive ketones (excluding diaryl/α,β-unsaturated/α-hetero) is 2. The van der Waals surface area contributed by atoms with E-state index in [9.17, 15) is 9.59 Å². The van der Waals surface area contributed by atoms with Gasteiger partial charge in [0.25, 0.3) is 0 Å². The van der Waals surface area contributed by atoms with Crippen molar-refractivity contribution in [1.82, 2.24) is 9.80 Å². The number of nitrogens with zero attached hydrogens (tertiary/aromatic N) is 2. The number of ether oxygens (including phenoxy) is 2. The van der Waals surface area contributed by atoms with Crippen LogP contribution in [0.1, 0.15) is 17.3 Å². The first kappa shape index (κ1) is 22.3. The van der Waals surface area contributed by atoms with E-state index in [0.717, 1.165) is 30.4 Å². The van der Waals surface area contributed by atoms with Crippen molar-refractivity contribution in [2.24, 2.45) is 0 Å². The molecule has 3 aliphatic heterocycles. The topological polar surface area (TPSA) is 59.1 Å². The van der Waals surface area contributed by atoms with Gasteiger partial charge in [-0.2, -0.15) is 0 Å². The van der Waals surface area contributed by atoms with Gasteiger partial charge in [-0.1, -0.05) is 35.1 Å². The monoisotopic (exact) mass is 468 g/mol. The normalized spacial score (nSPS) is 26.0. The number of rotatable bonds is 5. The van der Waals surface area contributed by atoms with Crippen LogP contribution in [-0.2, 0) is 14.3 Å². The standard InChI is InChI=1S/C21H25ClN2O4S2/c1-14(25)17(18(26)15-2-4-16(22)5-3-15)21-29-19(23-6-10-27-11-7-23)20(30-21)24-8-12-28-13-9-24/h2-5,19-20H,6-13H2,1H3. The highest BCUT2D eigenvalue weighted by molar-refractivity contribution is 8.26. The molecule has 3 fully saturated rings. The van der Waals surface area contributed by atoms with Gasteiger partial charge in [-0.25, -0.2) is 0 Å². The molecular formula is C21H25ClN2O4S2. The highest BCUT2D eigenvalue weighted by atomic mass is 35.5. The van der Waals surface area contributed by atoms with Crippen LogP contribution in [0.3, 0.4) is 0 Å². The Morgan fingerprint density at radius 1 is 0.900 bits per heavy atom. The predicted molar refractivity (Wildman–Crippen MR) is 121 cm³/mol. The quantitative estimate of drug-likeness (QED) is 0.283. The summed E-state index contributed by atoms with van der Waals surface area (Å²) < 4.78 is 11.9. The molecule has 162 valence electrons. The zero-order valence-electron chi connectivity index (χ0n) is 16.8. The van der Waals surface area contributed by atoms with Crippen molar-refractivity contribution in [3.8, 4) is 0 Å². The lowest BCUT2D eigenvalue weighted by Crippen LogP contribution is -2.52. The average molecular weight is 469 g/mol. The molecule has 0 spiro atoms. The molecule has 3 saturated heterocycles. The van der Waals surface area contributed by atoms with E-state index in [1.54, 1.807) is 47.8 Å². The van der Waals surface area contributed by atoms with Crippen LogP contribution >= 0.6 is 35.1 Å². The Bertz CT molecular complexity index is 793. The van der Waals surface area contributed by atoms with Crippen molar-refractivity contribution in [2.45, 2.75) is 17.7 Å². The van der Waals surface area contributed by atoms with E-state index >= 15 is 0 Å². The third-order valence-corrected chi connectivity index (χ3v) is 8.83. The Hall–Kier alpha value is -0.870. The molecule has 0 aliphatic carbocycles. The van der Waals surface area contributed by atoms with Crippen LogP contribution in [0.5, 0.6) is 0 Å². The molecule has 2 atom stereocenters. The van der Waals surface area contributed by atoms with E-state index in [1.807, 2.05) is 0 Å². The Kier molecular flexibility index (Phi) is 7.57. The van der Waals surface area contributed by atoms with E-state index < -0.39 is 0 Å². The van der Waals surface area contributed by atoms with Crippen molar-refractivity contribution in [2.75, 3.05) is 52.6 Å². The van der Waals surface area contributed by atoms with Crippen LogP contribution in [-0.4, -0.2) is 84.7 Å². The summed E-state index contributed by atoms with van der Waals surface area (Å²) in [4.78, 5) is 30.6. The number of benzene rings is 1. The lowest BCUT2D eigenvalue weighted by Gasteiger charge is -2.39. The highest BCUT2D eigenvalue weighted by Crippen LogP contribution is 2.51. The molecule has 3 aliphatic rings. The van der Waals surface area contributed by atoms with Crippen molar-refractivity contribution in [1.29, 1.82) is 0 Å². The molecule has 0 N–H and O–H groups in total. The number of halogens is 1. The third kappa shape index (κ3) is 4.96. The van der Waals surface area contributed by atoms with Crippen molar-refractivity contribution in [3.05, 3.63) is 44.7 Å². The number of hydrogen-bond donors (Lipinski definition) is 0. The minimum Gasteiger partial charge on any atom is -0.379 e. The maximum absolute atomic E-state index is 13.2. The van der Waals surface area contributed by atoms with Gasteiger partial charge >= 0.3 is 0 Å². The summed E-state index contributed by atoms with van der Waals surface area (Å²) >= 11 is 9.25. The molecule has 0 aromatic heterocycles. The molecular weight excluding hydrogens is 444 g/mol. The van der Waals surface area contributed by atoms with Gasteiger partial charge in [-0.15, -0.1) is 0 Å². The molecule has 30 heavy (non-hydrogen) atoms. The minimum absolute atomic E-state index is 0.166. The first-order valence-electron chi connectivity index (χ1n) is 10.1. The summed E-state index contributed by atoms with van der Waals surface area (Å²) in [5.41, 5.74) is 0.761. The number of carbonyl (C=O) groups excluding carboxylic acids is 2. The molecule has 0 amide bonds. The number of morpholine rings is 2. The van der Waals surface area contributed by atoms with Gasteiger partial charge in [0.1, 0.15) is 0 Å². The third-order valence-electron chi connectivity index (χ3n) is 5.40. The number of allylic oxidation sites excluding steroid dienone is 1. The van der Waals surface area contributed by atoms with E-state index in [2.05, 4.69) is 9.80 Å². The molecule has 3 heterocycles. The lowest BCUT2D eigenvalue weighted by molar-refractivity contribution is -0.113. The Balaban J connectivity index is 1.66. The SMILES string of the molecule is CC(=O)C(C(=O)c1ccc(Cl)cc1)=C1SC(N2CCOCC2)C(N2CCOCC2)S1. The summed E-state index contributed by atoms with van der Waals surface area (Å²) in [5, 5.41) is 0.895. The summed E-state index contributed by atoms with van der Waals surface area (Å²) in [7, 11) is 0. The summed E-state index contributed by atoms with van der Waals surface area (Å²) in [6, 6.07) is 6.72. The average Bonchev–Trinajstić information content (AvgIpc) is 3.20. The second-order valence-electron chi connectivity index (χ2n) is 7.37. The van der Waals surface area contributed by atoms with E-state index in [-0.39, 0.29) is 27.9 Å². The first-order chi connectivity index (χ1) is 14.5. The fraction of sp³-hybridized carbons (Fsp3) is 0.524. The number of thioether (sulfide) groups is 2. The van der Waals surface area contributed by atoms with Crippen LogP contribution in [0.15, 0.2) is 34.1 Å². The van der Waals surface area contributed by atoms with Crippen LogP contribution in [0.4, 0.5) is 0 Å². The van der Waals surface area contributed by atoms with Gasteiger partial charge in [0.15, 0.2) is 11.6 Å². The molecule has 0 bridgehead atoms. The predicted octanol–water partition coefficient (Wildman–Crippen LogP) is 3.12. The van der Waals surface area contributed by atoms with Crippen LogP contribution in [0.2, 0.25) is 5.02 Å². The first-order valence-corrected chi connectivity index (χ1v) is 12.2. The molecule has 0 saturated carbocycles. The maximum Gasteiger partial charge on any atom is 0.198 e. The Morgan fingerprint density at radius 3 is 1.80 bits per heavy atom. The van der Waals surface area contributed by atoms with Gasteiger partial charge < -0.3 is 9.47 Å². The Morgan fingerprint density at radius 2 is 1.37 bits per heavy atom. The zero-order valence-corrected chi connectivity index (χ0v) is 19.2. The second-order valence-corrected chi connectivity index (χ2v) is 10.3. The van der Waals surface area contributed by atoms with Crippen molar-refractivity contribution in [3.63, 3.8) is 0 Å². The van der Waals surface area contributed by atoms with E-state index in [0.29, 0.717) is 37.0 Å². The number of ketones is 2. The molecule has 4 rings (SSSR count). The maximum atomic E-state index is 13.2. The van der Waals surface area contributed by atoms with Gasteiger partial charge in [0, 0.05) is 36.8 Å². The summed E-state index contributed by atoms with van der Waals surface area (Å²) in [5.74, 6) is -0.439. The van der Waals surface area contributed by atoms with Gasteiger partial charge in [-0.05, 0) is 31.2 Å². The van der Waals surface area contributed by atoms with Crippen molar-refractivity contribution < 1.29 is 19.1 Å². The summed E-state index contributed by atoms with van der Waals surface area (Å²) in [6.07, 6.45) is 0. The van der Waals surface area contributed by atoms with Gasteiger partial charge in [0.05, 0.1) is 47.0 Å². The van der Waals surface area contributed by atoms with E-state index in [4.69, 9.17) is 21.1 Å². The zero-order chi connectivity index (χ0) is 21.1. The molecule has 6 nitrogen and oxygen atoms in total. The van der Waals surface area contributed by atoms with Crippen LogP contribution < -0.4 is 0 Å². The molecule has 1 aromatic carbocycles. The fourth-order valence-corrected chi connectivity index (χ4v) is 7.51. The second kappa shape index (κ2) is 10.2. The molecule has 2 unspecified atom stereocenters. The minimum atomic E-state index is -0.238. The van der Waals surface area contributed by atoms with Gasteiger partial charge in [-0.3, -0.25) is 19.4 Å². The molecule has 9 heteroatoms.